The van der Waals surface area contributed by atoms with Crippen molar-refractivity contribution in [3.05, 3.63) is 27.6 Å². The van der Waals surface area contributed by atoms with Gasteiger partial charge in [0.25, 0.3) is 0 Å². The SMILES string of the molecule is NNCc1ccc(I)cn1. The van der Waals surface area contributed by atoms with Gasteiger partial charge in [-0.25, -0.2) is 0 Å². The van der Waals surface area contributed by atoms with Gasteiger partial charge in [-0.05, 0) is 34.7 Å². The predicted octanol–water partition coefficient (Wildman–Crippen LogP) is 0.649. The quantitative estimate of drug-likeness (QED) is 0.459. The van der Waals surface area contributed by atoms with E-state index in [1.54, 1.807) is 0 Å². The van der Waals surface area contributed by atoms with Crippen LogP contribution in [0.5, 0.6) is 0 Å². The van der Waals surface area contributed by atoms with Crippen molar-refractivity contribution in [1.82, 2.24) is 10.4 Å². The van der Waals surface area contributed by atoms with Gasteiger partial charge in [-0.15, -0.1) is 0 Å². The van der Waals surface area contributed by atoms with Crippen molar-refractivity contribution >= 4 is 22.6 Å². The van der Waals surface area contributed by atoms with E-state index < -0.39 is 0 Å². The van der Waals surface area contributed by atoms with Crippen molar-refractivity contribution in [2.75, 3.05) is 0 Å². The van der Waals surface area contributed by atoms with E-state index in [4.69, 9.17) is 5.84 Å². The van der Waals surface area contributed by atoms with Crippen LogP contribution in [0.15, 0.2) is 18.3 Å². The summed E-state index contributed by atoms with van der Waals surface area (Å²) in [5.41, 5.74) is 3.50. The number of hydrogen-bond donors (Lipinski definition) is 2. The van der Waals surface area contributed by atoms with Gasteiger partial charge >= 0.3 is 0 Å². The minimum atomic E-state index is 0.622. The minimum Gasteiger partial charge on any atom is -0.271 e. The highest BCUT2D eigenvalue weighted by Gasteiger charge is 1.90. The van der Waals surface area contributed by atoms with E-state index in [0.717, 1.165) is 9.26 Å². The lowest BCUT2D eigenvalue weighted by molar-refractivity contribution is 0.722. The summed E-state index contributed by atoms with van der Waals surface area (Å²) in [4.78, 5) is 4.12. The van der Waals surface area contributed by atoms with Crippen LogP contribution in [-0.2, 0) is 6.54 Å². The molecule has 0 amide bonds. The van der Waals surface area contributed by atoms with Crippen LogP contribution in [0.4, 0.5) is 0 Å². The highest BCUT2D eigenvalue weighted by Crippen LogP contribution is 2.02. The average molecular weight is 249 g/mol. The molecule has 54 valence electrons. The van der Waals surface area contributed by atoms with Gasteiger partial charge in [0.2, 0.25) is 0 Å². The van der Waals surface area contributed by atoms with Crippen molar-refractivity contribution in [3.63, 3.8) is 0 Å². The van der Waals surface area contributed by atoms with Crippen molar-refractivity contribution < 1.29 is 0 Å². The molecular weight excluding hydrogens is 241 g/mol. The van der Waals surface area contributed by atoms with E-state index in [-0.39, 0.29) is 0 Å². The zero-order valence-electron chi connectivity index (χ0n) is 5.34. The molecule has 10 heavy (non-hydrogen) atoms. The number of hydrogen-bond acceptors (Lipinski definition) is 3. The van der Waals surface area contributed by atoms with Gasteiger partial charge in [-0.1, -0.05) is 0 Å². The van der Waals surface area contributed by atoms with Crippen molar-refractivity contribution in [2.24, 2.45) is 5.84 Å². The summed E-state index contributed by atoms with van der Waals surface area (Å²) in [6, 6.07) is 3.95. The summed E-state index contributed by atoms with van der Waals surface area (Å²) < 4.78 is 1.14. The third-order valence-electron chi connectivity index (χ3n) is 1.07. The maximum absolute atomic E-state index is 5.11. The Balaban J connectivity index is 2.69. The highest BCUT2D eigenvalue weighted by atomic mass is 127. The van der Waals surface area contributed by atoms with Gasteiger partial charge in [-0.2, -0.15) is 0 Å². The van der Waals surface area contributed by atoms with Crippen LogP contribution in [0.2, 0.25) is 0 Å². The molecule has 0 aliphatic rings. The molecule has 0 saturated heterocycles. The third kappa shape index (κ3) is 2.20. The molecular formula is C6H8IN3. The number of hydrazine groups is 1. The van der Waals surface area contributed by atoms with Gasteiger partial charge in [0.05, 0.1) is 12.2 Å². The number of nitrogens with two attached hydrogens (primary N) is 1. The fourth-order valence-electron chi connectivity index (χ4n) is 0.616. The smallest absolute Gasteiger partial charge is 0.0556 e. The largest absolute Gasteiger partial charge is 0.271 e. The number of nitrogens with one attached hydrogen (secondary N) is 1. The van der Waals surface area contributed by atoms with Gasteiger partial charge in [0, 0.05) is 9.77 Å². The summed E-state index contributed by atoms with van der Waals surface area (Å²) in [7, 11) is 0. The maximum Gasteiger partial charge on any atom is 0.0556 e. The lowest BCUT2D eigenvalue weighted by Gasteiger charge is -1.96. The lowest BCUT2D eigenvalue weighted by Crippen LogP contribution is -2.21. The normalized spacial score (nSPS) is 9.80. The maximum atomic E-state index is 5.11. The Labute approximate surface area is 73.1 Å². The van der Waals surface area contributed by atoms with Crippen LogP contribution >= 0.6 is 22.6 Å². The highest BCUT2D eigenvalue weighted by molar-refractivity contribution is 14.1. The van der Waals surface area contributed by atoms with Crippen molar-refractivity contribution in [1.29, 1.82) is 0 Å². The fourth-order valence-corrected chi connectivity index (χ4v) is 0.935. The third-order valence-corrected chi connectivity index (χ3v) is 1.71. The monoisotopic (exact) mass is 249 g/mol. The molecule has 0 aromatic carbocycles. The van der Waals surface area contributed by atoms with E-state index in [9.17, 15) is 0 Å². The zero-order chi connectivity index (χ0) is 7.40. The van der Waals surface area contributed by atoms with Crippen molar-refractivity contribution in [3.8, 4) is 0 Å². The number of halogens is 1. The summed E-state index contributed by atoms with van der Waals surface area (Å²) in [6.45, 7) is 0.622. The number of aromatic nitrogens is 1. The molecule has 0 atom stereocenters. The predicted molar refractivity (Wildman–Crippen MR) is 48.0 cm³/mol. The van der Waals surface area contributed by atoms with Gasteiger partial charge < -0.3 is 0 Å². The first-order chi connectivity index (χ1) is 4.83. The fraction of sp³-hybridized carbons (Fsp3) is 0.167. The van der Waals surface area contributed by atoms with Crippen molar-refractivity contribution in [2.45, 2.75) is 6.54 Å². The summed E-state index contributed by atoms with van der Waals surface area (Å²) >= 11 is 2.21. The summed E-state index contributed by atoms with van der Waals surface area (Å²) in [6.07, 6.45) is 1.81. The summed E-state index contributed by atoms with van der Waals surface area (Å²) in [5, 5.41) is 0. The van der Waals surface area contributed by atoms with E-state index in [0.29, 0.717) is 6.54 Å². The first kappa shape index (κ1) is 7.90. The molecule has 0 unspecified atom stereocenters. The van der Waals surface area contributed by atoms with Gasteiger partial charge in [-0.3, -0.25) is 16.3 Å². The lowest BCUT2D eigenvalue weighted by atomic mass is 10.4. The van der Waals surface area contributed by atoms with E-state index in [1.165, 1.54) is 0 Å². The molecule has 3 N–H and O–H groups in total. The molecule has 1 aromatic rings. The topological polar surface area (TPSA) is 50.9 Å². The Bertz CT molecular complexity index is 197. The Kier molecular flexibility index (Phi) is 3.04. The number of rotatable bonds is 2. The van der Waals surface area contributed by atoms with Gasteiger partial charge in [0.1, 0.15) is 0 Å². The Morgan fingerprint density at radius 1 is 1.60 bits per heavy atom. The second-order valence-electron chi connectivity index (χ2n) is 1.85. The molecule has 0 radical (unpaired) electrons. The second-order valence-corrected chi connectivity index (χ2v) is 3.09. The van der Waals surface area contributed by atoms with E-state index in [1.807, 2.05) is 18.3 Å². The molecule has 1 heterocycles. The Morgan fingerprint density at radius 3 is 2.90 bits per heavy atom. The molecule has 0 aliphatic heterocycles. The number of nitrogens with zero attached hydrogens (tertiary/aromatic N) is 1. The van der Waals surface area contributed by atoms with E-state index >= 15 is 0 Å². The molecule has 1 rings (SSSR count). The standard InChI is InChI=1S/C6H8IN3/c7-5-1-2-6(4-10-8)9-3-5/h1-3,10H,4,8H2. The van der Waals surface area contributed by atoms with Crippen LogP contribution in [0.3, 0.4) is 0 Å². The summed E-state index contributed by atoms with van der Waals surface area (Å²) in [5.74, 6) is 5.11. The van der Waals surface area contributed by atoms with Crippen LogP contribution in [0.25, 0.3) is 0 Å². The molecule has 0 fully saturated rings. The Hall–Kier alpha value is -0.200. The molecule has 0 spiro atoms. The average Bonchev–Trinajstić information content (AvgIpc) is 1.95. The van der Waals surface area contributed by atoms with Crippen LogP contribution in [0.1, 0.15) is 5.69 Å². The van der Waals surface area contributed by atoms with Gasteiger partial charge in [0.15, 0.2) is 0 Å². The second kappa shape index (κ2) is 3.85. The number of pyridine rings is 1. The van der Waals surface area contributed by atoms with Crippen LogP contribution in [-0.4, -0.2) is 4.98 Å². The Morgan fingerprint density at radius 2 is 2.40 bits per heavy atom. The van der Waals surface area contributed by atoms with E-state index in [2.05, 4.69) is 33.0 Å². The first-order valence-electron chi connectivity index (χ1n) is 2.87. The molecule has 0 aliphatic carbocycles. The molecule has 1 aromatic heterocycles. The first-order valence-corrected chi connectivity index (χ1v) is 3.94. The molecule has 3 nitrogen and oxygen atoms in total. The molecule has 4 heteroatoms. The zero-order valence-corrected chi connectivity index (χ0v) is 7.50. The van der Waals surface area contributed by atoms with Crippen LogP contribution in [0, 0.1) is 3.57 Å². The molecule has 0 bridgehead atoms. The molecule has 0 saturated carbocycles. The van der Waals surface area contributed by atoms with Crippen LogP contribution < -0.4 is 11.3 Å². The minimum absolute atomic E-state index is 0.622.